The molecule has 1 atom stereocenters. The monoisotopic (exact) mass is 350 g/mol. The maximum Gasteiger partial charge on any atom is 0.239 e. The Hall–Kier alpha value is -0.780. The van der Waals surface area contributed by atoms with E-state index in [1.165, 1.54) is 0 Å². The maximum absolute atomic E-state index is 12.2. The summed E-state index contributed by atoms with van der Waals surface area (Å²) in [5, 5.41) is 4.24. The van der Waals surface area contributed by atoms with Crippen LogP contribution in [0.1, 0.15) is 33.1 Å². The number of rotatable bonds is 5. The molecule has 1 aliphatic rings. The molecule has 0 aromatic carbocycles. The molecule has 22 heavy (non-hydrogen) atoms. The van der Waals surface area contributed by atoms with Gasteiger partial charge in [-0.1, -0.05) is 13.8 Å². The molecule has 0 unspecified atom stereocenters. The van der Waals surface area contributed by atoms with E-state index in [4.69, 9.17) is 5.73 Å². The summed E-state index contributed by atoms with van der Waals surface area (Å²) in [6.45, 7) is 6.81. The number of piperidine rings is 1. The molecule has 0 radical (unpaired) electrons. The lowest BCUT2D eigenvalue weighted by molar-refractivity contribution is -0.134. The molecule has 2 N–H and O–H groups in total. The fourth-order valence-electron chi connectivity index (χ4n) is 2.85. The molecule has 1 saturated heterocycles. The van der Waals surface area contributed by atoms with Crippen LogP contribution in [-0.2, 0) is 11.3 Å². The molecule has 1 aromatic rings. The summed E-state index contributed by atoms with van der Waals surface area (Å²) in [5.74, 6) is 1.20. The Kier molecular flexibility index (Phi) is 9.72. The first kappa shape index (κ1) is 21.2. The summed E-state index contributed by atoms with van der Waals surface area (Å²) >= 11 is 0. The average Bonchev–Trinajstić information content (AvgIpc) is 2.91. The molecule has 0 aliphatic carbocycles. The van der Waals surface area contributed by atoms with Crippen molar-refractivity contribution in [3.05, 3.63) is 18.5 Å². The lowest BCUT2D eigenvalue weighted by Crippen LogP contribution is -2.47. The molecule has 2 rings (SSSR count). The zero-order valence-electron chi connectivity index (χ0n) is 13.4. The van der Waals surface area contributed by atoms with Gasteiger partial charge in [-0.2, -0.15) is 5.10 Å². The van der Waals surface area contributed by atoms with Crippen LogP contribution in [0.3, 0.4) is 0 Å². The molecule has 128 valence electrons. The minimum absolute atomic E-state index is 0. The lowest BCUT2D eigenvalue weighted by atomic mass is 9.95. The fraction of sp³-hybridized carbons (Fsp3) is 0.733. The minimum Gasteiger partial charge on any atom is -0.341 e. The highest BCUT2D eigenvalue weighted by molar-refractivity contribution is 5.85. The van der Waals surface area contributed by atoms with Gasteiger partial charge in [0, 0.05) is 32.0 Å². The van der Waals surface area contributed by atoms with Crippen molar-refractivity contribution >= 4 is 30.7 Å². The molecule has 1 aliphatic heterocycles. The quantitative estimate of drug-likeness (QED) is 0.886. The molecular weight excluding hydrogens is 323 g/mol. The van der Waals surface area contributed by atoms with E-state index in [1.807, 2.05) is 28.0 Å². The third kappa shape index (κ3) is 6.15. The Bertz CT molecular complexity index is 417. The van der Waals surface area contributed by atoms with Crippen LogP contribution in [0.2, 0.25) is 0 Å². The standard InChI is InChI=1S/C15H26N4O.2ClH/c1-12(2)10-14(16)15(20)18-8-4-13(5-9-18)11-19-7-3-6-17-19;;/h3,6-7,12-14H,4-5,8-11,16H2,1-2H3;2*1H/t14-;;/m0../s1. The Morgan fingerprint density at radius 3 is 2.45 bits per heavy atom. The molecule has 1 aromatic heterocycles. The van der Waals surface area contributed by atoms with Crippen molar-refractivity contribution in [1.82, 2.24) is 14.7 Å². The van der Waals surface area contributed by atoms with Crippen LogP contribution in [-0.4, -0.2) is 39.7 Å². The van der Waals surface area contributed by atoms with Gasteiger partial charge in [0.1, 0.15) is 0 Å². The number of hydrogen-bond donors (Lipinski definition) is 1. The number of amides is 1. The predicted octanol–water partition coefficient (Wildman–Crippen LogP) is 2.34. The molecule has 0 saturated carbocycles. The van der Waals surface area contributed by atoms with E-state index in [0.29, 0.717) is 11.8 Å². The van der Waals surface area contributed by atoms with E-state index in [9.17, 15) is 4.79 Å². The second kappa shape index (κ2) is 10.1. The van der Waals surface area contributed by atoms with Gasteiger partial charge >= 0.3 is 0 Å². The predicted molar refractivity (Wildman–Crippen MR) is 93.5 cm³/mol. The van der Waals surface area contributed by atoms with E-state index in [0.717, 1.165) is 38.9 Å². The third-order valence-electron chi connectivity index (χ3n) is 3.97. The molecule has 0 spiro atoms. The number of carbonyl (C=O) groups excluding carboxylic acids is 1. The highest BCUT2D eigenvalue weighted by Crippen LogP contribution is 2.20. The second-order valence-electron chi connectivity index (χ2n) is 6.23. The zero-order chi connectivity index (χ0) is 14.5. The molecule has 0 bridgehead atoms. The summed E-state index contributed by atoms with van der Waals surface area (Å²) in [7, 11) is 0. The zero-order valence-corrected chi connectivity index (χ0v) is 15.0. The minimum atomic E-state index is -0.335. The van der Waals surface area contributed by atoms with E-state index >= 15 is 0 Å². The van der Waals surface area contributed by atoms with Gasteiger partial charge in [0.05, 0.1) is 6.04 Å². The van der Waals surface area contributed by atoms with Crippen LogP contribution < -0.4 is 5.73 Å². The highest BCUT2D eigenvalue weighted by atomic mass is 35.5. The number of nitrogens with zero attached hydrogens (tertiary/aromatic N) is 3. The van der Waals surface area contributed by atoms with Crippen LogP contribution in [0.5, 0.6) is 0 Å². The normalized spacial score (nSPS) is 16.8. The topological polar surface area (TPSA) is 64.2 Å². The van der Waals surface area contributed by atoms with E-state index in [-0.39, 0.29) is 36.8 Å². The van der Waals surface area contributed by atoms with Crippen molar-refractivity contribution in [2.45, 2.75) is 45.7 Å². The van der Waals surface area contributed by atoms with Gasteiger partial charge in [-0.3, -0.25) is 9.48 Å². The number of likely N-dealkylation sites (tertiary alicyclic amines) is 1. The summed E-state index contributed by atoms with van der Waals surface area (Å²) in [4.78, 5) is 14.2. The fourth-order valence-corrected chi connectivity index (χ4v) is 2.85. The van der Waals surface area contributed by atoms with Crippen LogP contribution in [0.15, 0.2) is 18.5 Å². The number of nitrogens with two attached hydrogens (primary N) is 1. The summed E-state index contributed by atoms with van der Waals surface area (Å²) in [6.07, 6.45) is 6.66. The van der Waals surface area contributed by atoms with Gasteiger partial charge in [0.2, 0.25) is 5.91 Å². The van der Waals surface area contributed by atoms with Crippen LogP contribution >= 0.6 is 24.8 Å². The molecular formula is C15H28Cl2N4O. The summed E-state index contributed by atoms with van der Waals surface area (Å²) in [6, 6.07) is 1.61. The molecule has 2 heterocycles. The van der Waals surface area contributed by atoms with Crippen LogP contribution in [0.4, 0.5) is 0 Å². The Morgan fingerprint density at radius 1 is 1.32 bits per heavy atom. The van der Waals surface area contributed by atoms with Crippen molar-refractivity contribution in [1.29, 1.82) is 0 Å². The Morgan fingerprint density at radius 2 is 1.95 bits per heavy atom. The van der Waals surface area contributed by atoms with E-state index in [2.05, 4.69) is 18.9 Å². The lowest BCUT2D eigenvalue weighted by Gasteiger charge is -2.33. The summed E-state index contributed by atoms with van der Waals surface area (Å²) in [5.41, 5.74) is 5.99. The summed E-state index contributed by atoms with van der Waals surface area (Å²) < 4.78 is 1.98. The number of halogens is 2. The van der Waals surface area contributed by atoms with Gasteiger partial charge in [-0.15, -0.1) is 24.8 Å². The number of aromatic nitrogens is 2. The number of hydrogen-bond acceptors (Lipinski definition) is 3. The second-order valence-corrected chi connectivity index (χ2v) is 6.23. The van der Waals surface area contributed by atoms with Crippen molar-refractivity contribution in [2.75, 3.05) is 13.1 Å². The smallest absolute Gasteiger partial charge is 0.239 e. The van der Waals surface area contributed by atoms with Crippen LogP contribution in [0, 0.1) is 11.8 Å². The molecule has 5 nitrogen and oxygen atoms in total. The largest absolute Gasteiger partial charge is 0.341 e. The van der Waals surface area contributed by atoms with Crippen molar-refractivity contribution < 1.29 is 4.79 Å². The van der Waals surface area contributed by atoms with Gasteiger partial charge in [0.15, 0.2) is 0 Å². The van der Waals surface area contributed by atoms with E-state index in [1.54, 1.807) is 0 Å². The SMILES string of the molecule is CC(C)C[C@H](N)C(=O)N1CCC(Cn2cccn2)CC1.Cl.Cl. The third-order valence-corrected chi connectivity index (χ3v) is 3.97. The van der Waals surface area contributed by atoms with Gasteiger partial charge < -0.3 is 10.6 Å². The van der Waals surface area contributed by atoms with Gasteiger partial charge in [-0.05, 0) is 37.2 Å². The van der Waals surface area contributed by atoms with Gasteiger partial charge in [-0.25, -0.2) is 0 Å². The van der Waals surface area contributed by atoms with Crippen molar-refractivity contribution in [2.24, 2.45) is 17.6 Å². The first-order valence-corrected chi connectivity index (χ1v) is 7.58. The number of carbonyl (C=O) groups is 1. The van der Waals surface area contributed by atoms with Gasteiger partial charge in [0.25, 0.3) is 0 Å². The average molecular weight is 351 g/mol. The molecule has 1 fully saturated rings. The molecule has 7 heteroatoms. The first-order chi connectivity index (χ1) is 9.56. The Labute approximate surface area is 145 Å². The van der Waals surface area contributed by atoms with Crippen molar-refractivity contribution in [3.63, 3.8) is 0 Å². The Balaban J connectivity index is 0.00000220. The van der Waals surface area contributed by atoms with E-state index < -0.39 is 0 Å². The highest BCUT2D eigenvalue weighted by Gasteiger charge is 2.26. The van der Waals surface area contributed by atoms with Crippen molar-refractivity contribution in [3.8, 4) is 0 Å². The maximum atomic E-state index is 12.2. The molecule has 1 amide bonds. The first-order valence-electron chi connectivity index (χ1n) is 7.58. The van der Waals surface area contributed by atoms with Crippen LogP contribution in [0.25, 0.3) is 0 Å².